The van der Waals surface area contributed by atoms with E-state index in [-0.39, 0.29) is 27.8 Å². The van der Waals surface area contributed by atoms with Crippen molar-refractivity contribution in [1.82, 2.24) is 9.97 Å². The lowest BCUT2D eigenvalue weighted by Crippen LogP contribution is -2.17. The number of nitrogens with zero attached hydrogens (tertiary/aromatic N) is 1. The Bertz CT molecular complexity index is 1400. The fourth-order valence-electron chi connectivity index (χ4n) is 3.16. The summed E-state index contributed by atoms with van der Waals surface area (Å²) in [7, 11) is 1.23. The number of methoxy groups -OCH3 is 1. The van der Waals surface area contributed by atoms with Crippen LogP contribution < -0.4 is 10.6 Å². The van der Waals surface area contributed by atoms with Crippen molar-refractivity contribution < 1.29 is 23.5 Å². The van der Waals surface area contributed by atoms with Crippen LogP contribution in [0.25, 0.3) is 11.0 Å². The van der Waals surface area contributed by atoms with Crippen molar-refractivity contribution in [3.8, 4) is 0 Å². The van der Waals surface area contributed by atoms with Gasteiger partial charge in [-0.3, -0.25) is 14.9 Å². The van der Waals surface area contributed by atoms with Gasteiger partial charge in [0, 0.05) is 16.8 Å². The smallest absolute Gasteiger partial charge is 0.413 e. The zero-order chi connectivity index (χ0) is 23.5. The van der Waals surface area contributed by atoms with Gasteiger partial charge in [0.2, 0.25) is 5.95 Å². The highest BCUT2D eigenvalue weighted by Gasteiger charge is 2.19. The van der Waals surface area contributed by atoms with Crippen molar-refractivity contribution in [3.05, 3.63) is 88.2 Å². The average Bonchev–Trinajstić information content (AvgIpc) is 3.22. The van der Waals surface area contributed by atoms with E-state index in [2.05, 4.69) is 25.3 Å². The van der Waals surface area contributed by atoms with Crippen molar-refractivity contribution in [2.24, 2.45) is 0 Å². The number of carbonyl (C=O) groups excluding carboxylic acids is 3. The quantitative estimate of drug-likeness (QED) is 0.357. The molecular formula is C23H16ClFN4O4. The number of ketones is 1. The summed E-state index contributed by atoms with van der Waals surface area (Å²) in [5, 5.41) is 4.90. The minimum atomic E-state index is -0.687. The number of aromatic nitrogens is 2. The number of fused-ring (bicyclic) bond motifs is 1. The molecule has 0 aliphatic rings. The molecule has 0 spiro atoms. The molecule has 33 heavy (non-hydrogen) atoms. The summed E-state index contributed by atoms with van der Waals surface area (Å²) in [5.41, 5.74) is 1.95. The van der Waals surface area contributed by atoms with E-state index in [0.717, 1.165) is 6.07 Å². The molecule has 0 atom stereocenters. The molecule has 0 aliphatic heterocycles. The second kappa shape index (κ2) is 9.09. The van der Waals surface area contributed by atoms with Crippen molar-refractivity contribution in [2.75, 3.05) is 17.7 Å². The number of carbonyl (C=O) groups is 3. The molecule has 0 bridgehead atoms. The number of nitrogens with one attached hydrogen (secondary N) is 3. The van der Waals surface area contributed by atoms with Gasteiger partial charge in [-0.25, -0.2) is 14.2 Å². The Kier molecular flexibility index (Phi) is 6.05. The molecule has 1 aromatic heterocycles. The zero-order valence-electron chi connectivity index (χ0n) is 17.1. The fraction of sp³-hybridized carbons (Fsp3) is 0.0435. The number of rotatable bonds is 5. The first-order valence-electron chi connectivity index (χ1n) is 9.60. The van der Waals surface area contributed by atoms with Gasteiger partial charge in [-0.2, -0.15) is 0 Å². The minimum absolute atomic E-state index is 0.133. The van der Waals surface area contributed by atoms with Crippen molar-refractivity contribution in [3.63, 3.8) is 0 Å². The predicted octanol–water partition coefficient (Wildman–Crippen LogP) is 5.02. The molecule has 0 saturated carbocycles. The van der Waals surface area contributed by atoms with E-state index in [9.17, 15) is 18.8 Å². The summed E-state index contributed by atoms with van der Waals surface area (Å²) in [6, 6.07) is 14.9. The first-order chi connectivity index (χ1) is 15.9. The molecule has 0 unspecified atom stereocenters. The van der Waals surface area contributed by atoms with Crippen LogP contribution in [-0.4, -0.2) is 34.9 Å². The van der Waals surface area contributed by atoms with E-state index < -0.39 is 23.6 Å². The predicted molar refractivity (Wildman–Crippen MR) is 121 cm³/mol. The highest BCUT2D eigenvalue weighted by molar-refractivity contribution is 6.31. The number of benzene rings is 3. The second-order valence-electron chi connectivity index (χ2n) is 6.89. The molecule has 0 aliphatic carbocycles. The van der Waals surface area contributed by atoms with E-state index in [1.165, 1.54) is 31.4 Å². The molecule has 1 heterocycles. The Balaban J connectivity index is 1.62. The van der Waals surface area contributed by atoms with Gasteiger partial charge in [-0.05, 0) is 42.5 Å². The summed E-state index contributed by atoms with van der Waals surface area (Å²) in [4.78, 5) is 44.5. The van der Waals surface area contributed by atoms with Gasteiger partial charge in [-0.15, -0.1) is 0 Å². The summed E-state index contributed by atoms with van der Waals surface area (Å²) in [6.45, 7) is 0. The number of H-pyrrole nitrogens is 1. The number of hydrogen-bond acceptors (Lipinski definition) is 5. The Morgan fingerprint density at radius 2 is 1.76 bits per heavy atom. The van der Waals surface area contributed by atoms with Crippen LogP contribution in [0.4, 0.5) is 20.8 Å². The Morgan fingerprint density at radius 3 is 2.48 bits per heavy atom. The lowest BCUT2D eigenvalue weighted by Gasteiger charge is -2.10. The van der Waals surface area contributed by atoms with Crippen molar-refractivity contribution >= 4 is 52.1 Å². The van der Waals surface area contributed by atoms with Crippen LogP contribution in [0.2, 0.25) is 5.02 Å². The number of aromatic amines is 1. The van der Waals surface area contributed by atoms with Crippen LogP contribution in [0.1, 0.15) is 26.3 Å². The molecule has 4 rings (SSSR count). The minimum Gasteiger partial charge on any atom is -0.453 e. The highest BCUT2D eigenvalue weighted by Crippen LogP contribution is 2.23. The van der Waals surface area contributed by atoms with Gasteiger partial charge < -0.3 is 15.0 Å². The van der Waals surface area contributed by atoms with Gasteiger partial charge in [0.1, 0.15) is 5.82 Å². The van der Waals surface area contributed by atoms with E-state index in [1.54, 1.807) is 30.3 Å². The molecule has 10 heteroatoms. The van der Waals surface area contributed by atoms with Gasteiger partial charge in [0.25, 0.3) is 5.91 Å². The maximum Gasteiger partial charge on any atom is 0.413 e. The largest absolute Gasteiger partial charge is 0.453 e. The third kappa shape index (κ3) is 4.68. The molecule has 2 amide bonds. The van der Waals surface area contributed by atoms with E-state index in [4.69, 9.17) is 11.6 Å². The monoisotopic (exact) mass is 466 g/mol. The Hall–Kier alpha value is -4.24. The van der Waals surface area contributed by atoms with E-state index in [1.807, 2.05) is 0 Å². The summed E-state index contributed by atoms with van der Waals surface area (Å²) in [5.74, 6) is -1.38. The maximum atomic E-state index is 13.4. The number of hydrogen-bond donors (Lipinski definition) is 3. The van der Waals surface area contributed by atoms with Crippen LogP contribution in [0.15, 0.2) is 60.7 Å². The van der Waals surface area contributed by atoms with Crippen LogP contribution in [-0.2, 0) is 4.74 Å². The Morgan fingerprint density at radius 1 is 1.00 bits per heavy atom. The number of halogens is 2. The summed E-state index contributed by atoms with van der Waals surface area (Å²) in [6.07, 6.45) is -0.687. The molecule has 0 saturated heterocycles. The van der Waals surface area contributed by atoms with Gasteiger partial charge in [-0.1, -0.05) is 29.8 Å². The highest BCUT2D eigenvalue weighted by atomic mass is 35.5. The number of ether oxygens (including phenoxy) is 1. The van der Waals surface area contributed by atoms with Crippen LogP contribution in [0.3, 0.4) is 0 Å². The lowest BCUT2D eigenvalue weighted by molar-refractivity contribution is 0.0996. The molecule has 4 aromatic rings. The SMILES string of the molecule is COC(=O)Nc1nc2ccc(C(=O)c3ccccc3C(=O)Nc3ccc(F)c(Cl)c3)cc2[nH]1. The topological polar surface area (TPSA) is 113 Å². The average molecular weight is 467 g/mol. The zero-order valence-corrected chi connectivity index (χ0v) is 17.9. The normalized spacial score (nSPS) is 10.6. The van der Waals surface area contributed by atoms with E-state index >= 15 is 0 Å². The van der Waals surface area contributed by atoms with Crippen LogP contribution in [0, 0.1) is 5.82 Å². The molecule has 166 valence electrons. The standard InChI is InChI=1S/C23H16ClFN4O4/c1-33-23(32)29-22-27-18-9-6-12(10-19(18)28-22)20(30)14-4-2-3-5-15(14)21(31)26-13-7-8-17(25)16(24)11-13/h2-11H,1H3,(H,26,31)(H2,27,28,29,32). The molecule has 8 nitrogen and oxygen atoms in total. The first kappa shape index (κ1) is 22.0. The second-order valence-corrected chi connectivity index (χ2v) is 7.30. The Labute approximate surface area is 191 Å². The summed E-state index contributed by atoms with van der Waals surface area (Å²) >= 11 is 5.77. The third-order valence-corrected chi connectivity index (χ3v) is 5.03. The van der Waals surface area contributed by atoms with E-state index in [0.29, 0.717) is 16.6 Å². The van der Waals surface area contributed by atoms with Gasteiger partial charge >= 0.3 is 6.09 Å². The van der Waals surface area contributed by atoms with Gasteiger partial charge in [0.05, 0.1) is 28.7 Å². The molecule has 3 aromatic carbocycles. The lowest BCUT2D eigenvalue weighted by atomic mass is 9.97. The molecule has 3 N–H and O–H groups in total. The molecule has 0 radical (unpaired) electrons. The number of amides is 2. The third-order valence-electron chi connectivity index (χ3n) is 4.74. The molecular weight excluding hydrogens is 451 g/mol. The van der Waals surface area contributed by atoms with Crippen LogP contribution in [0.5, 0.6) is 0 Å². The van der Waals surface area contributed by atoms with Gasteiger partial charge in [0.15, 0.2) is 5.78 Å². The summed E-state index contributed by atoms with van der Waals surface area (Å²) < 4.78 is 17.9. The maximum absolute atomic E-state index is 13.4. The van der Waals surface area contributed by atoms with Crippen LogP contribution >= 0.6 is 11.6 Å². The number of anilines is 2. The number of imidazole rings is 1. The van der Waals surface area contributed by atoms with Crippen molar-refractivity contribution in [2.45, 2.75) is 0 Å². The first-order valence-corrected chi connectivity index (χ1v) is 9.98. The molecule has 0 fully saturated rings. The fourth-order valence-corrected chi connectivity index (χ4v) is 3.35. The van der Waals surface area contributed by atoms with Crippen molar-refractivity contribution in [1.29, 1.82) is 0 Å².